The molecule has 1 aromatic carbocycles. The molecule has 0 aliphatic rings. The first-order chi connectivity index (χ1) is 9.06. The lowest BCUT2D eigenvalue weighted by molar-refractivity contribution is 0.0984. The average molecular weight is 325 g/mol. The second kappa shape index (κ2) is 9.04. The van der Waals surface area contributed by atoms with Crippen molar-refractivity contribution in [3.8, 4) is 0 Å². The van der Waals surface area contributed by atoms with Gasteiger partial charge in [-0.15, -0.1) is 11.6 Å². The second-order valence-electron chi connectivity index (χ2n) is 4.57. The van der Waals surface area contributed by atoms with Crippen LogP contribution in [0.15, 0.2) is 18.2 Å². The summed E-state index contributed by atoms with van der Waals surface area (Å²) < 4.78 is 5.42. The molecule has 1 rings (SSSR count). The first kappa shape index (κ1) is 17.1. The Labute approximate surface area is 130 Å². The Hall–Kier alpha value is 0.01000. The van der Waals surface area contributed by atoms with Crippen LogP contribution in [0.1, 0.15) is 19.4 Å². The Morgan fingerprint density at radius 2 is 1.79 bits per heavy atom. The van der Waals surface area contributed by atoms with Gasteiger partial charge in [-0.1, -0.05) is 29.3 Å². The van der Waals surface area contributed by atoms with Gasteiger partial charge in [-0.25, -0.2) is 0 Å². The van der Waals surface area contributed by atoms with E-state index in [9.17, 15) is 0 Å². The molecule has 1 aromatic rings. The summed E-state index contributed by atoms with van der Waals surface area (Å²) in [5.41, 5.74) is 0.969. The molecule has 0 saturated carbocycles. The number of benzene rings is 1. The van der Waals surface area contributed by atoms with E-state index < -0.39 is 0 Å². The molecule has 0 bridgehead atoms. The van der Waals surface area contributed by atoms with Crippen molar-refractivity contribution in [2.45, 2.75) is 26.4 Å². The first-order valence-corrected chi connectivity index (χ1v) is 7.66. The predicted octanol–water partition coefficient (Wildman–Crippen LogP) is 4.46. The highest BCUT2D eigenvalue weighted by Gasteiger charge is 2.14. The smallest absolute Gasteiger partial charge is 0.0602 e. The Bertz CT molecular complexity index is 365. The standard InChI is InChI=1S/C14H20Cl3NO/c1-11(2)18(7-9-19-8-6-15)10-12-13(16)4-3-5-14(12)17/h3-5,11H,6-10H2,1-2H3. The van der Waals surface area contributed by atoms with E-state index in [-0.39, 0.29) is 0 Å². The zero-order valence-electron chi connectivity index (χ0n) is 11.3. The third-order valence-electron chi connectivity index (χ3n) is 2.90. The minimum Gasteiger partial charge on any atom is -0.379 e. The molecule has 0 N–H and O–H groups in total. The molecule has 0 aliphatic carbocycles. The van der Waals surface area contributed by atoms with Crippen LogP contribution < -0.4 is 0 Å². The van der Waals surface area contributed by atoms with Gasteiger partial charge in [-0.2, -0.15) is 0 Å². The van der Waals surface area contributed by atoms with E-state index in [1.54, 1.807) is 0 Å². The molecule has 5 heteroatoms. The number of rotatable bonds is 8. The topological polar surface area (TPSA) is 12.5 Å². The summed E-state index contributed by atoms with van der Waals surface area (Å²) in [4.78, 5) is 2.28. The van der Waals surface area contributed by atoms with E-state index in [1.165, 1.54) is 0 Å². The number of hydrogen-bond donors (Lipinski definition) is 0. The summed E-state index contributed by atoms with van der Waals surface area (Å²) >= 11 is 18.0. The minimum atomic E-state index is 0.395. The second-order valence-corrected chi connectivity index (χ2v) is 5.76. The zero-order valence-corrected chi connectivity index (χ0v) is 13.6. The zero-order chi connectivity index (χ0) is 14.3. The maximum Gasteiger partial charge on any atom is 0.0602 e. The molecule has 0 unspecified atom stereocenters. The van der Waals surface area contributed by atoms with Gasteiger partial charge in [0.05, 0.1) is 13.2 Å². The highest BCUT2D eigenvalue weighted by molar-refractivity contribution is 6.35. The highest BCUT2D eigenvalue weighted by Crippen LogP contribution is 2.26. The van der Waals surface area contributed by atoms with Crippen LogP contribution in [-0.2, 0) is 11.3 Å². The molecule has 2 nitrogen and oxygen atoms in total. The predicted molar refractivity (Wildman–Crippen MR) is 83.5 cm³/mol. The fourth-order valence-corrected chi connectivity index (χ4v) is 2.37. The number of nitrogens with zero attached hydrogens (tertiary/aromatic N) is 1. The third-order valence-corrected chi connectivity index (χ3v) is 3.76. The fraction of sp³-hybridized carbons (Fsp3) is 0.571. The number of alkyl halides is 1. The summed E-state index contributed by atoms with van der Waals surface area (Å²) in [5.74, 6) is 0.526. The fourth-order valence-electron chi connectivity index (χ4n) is 1.74. The van der Waals surface area contributed by atoms with E-state index in [1.807, 2.05) is 18.2 Å². The van der Waals surface area contributed by atoms with Crippen LogP contribution in [0.3, 0.4) is 0 Å². The molecular formula is C14H20Cl3NO. The summed E-state index contributed by atoms with van der Waals surface area (Å²) in [6.07, 6.45) is 0. The van der Waals surface area contributed by atoms with Gasteiger partial charge in [-0.05, 0) is 26.0 Å². The van der Waals surface area contributed by atoms with E-state index in [0.717, 1.165) is 18.7 Å². The Morgan fingerprint density at radius 3 is 2.32 bits per heavy atom. The lowest BCUT2D eigenvalue weighted by Crippen LogP contribution is -2.33. The molecule has 108 valence electrons. The molecule has 0 aliphatic heterocycles. The summed E-state index contributed by atoms with van der Waals surface area (Å²) in [7, 11) is 0. The SMILES string of the molecule is CC(C)N(CCOCCCl)Cc1c(Cl)cccc1Cl. The normalized spacial score (nSPS) is 11.5. The monoisotopic (exact) mass is 323 g/mol. The van der Waals surface area contributed by atoms with Crippen molar-refractivity contribution in [1.29, 1.82) is 0 Å². The largest absolute Gasteiger partial charge is 0.379 e. The van der Waals surface area contributed by atoms with Crippen molar-refractivity contribution >= 4 is 34.8 Å². The summed E-state index contributed by atoms with van der Waals surface area (Å²) in [5, 5.41) is 1.42. The van der Waals surface area contributed by atoms with Crippen LogP contribution in [0.5, 0.6) is 0 Å². The summed E-state index contributed by atoms with van der Waals surface area (Å²) in [6, 6.07) is 5.99. The molecule has 0 heterocycles. The van der Waals surface area contributed by atoms with Gasteiger partial charge in [0.25, 0.3) is 0 Å². The van der Waals surface area contributed by atoms with E-state index >= 15 is 0 Å². The Balaban J connectivity index is 2.62. The van der Waals surface area contributed by atoms with Crippen molar-refractivity contribution in [1.82, 2.24) is 4.90 Å². The molecule has 0 amide bonds. The Kier molecular flexibility index (Phi) is 8.12. The number of halogens is 3. The van der Waals surface area contributed by atoms with E-state index in [2.05, 4.69) is 18.7 Å². The Morgan fingerprint density at radius 1 is 1.16 bits per heavy atom. The first-order valence-electron chi connectivity index (χ1n) is 6.37. The van der Waals surface area contributed by atoms with Crippen molar-refractivity contribution in [3.05, 3.63) is 33.8 Å². The molecule has 0 saturated heterocycles. The molecule has 19 heavy (non-hydrogen) atoms. The van der Waals surface area contributed by atoms with Crippen molar-refractivity contribution in [3.63, 3.8) is 0 Å². The van der Waals surface area contributed by atoms with Gasteiger partial charge in [0, 0.05) is 40.6 Å². The quantitative estimate of drug-likeness (QED) is 0.517. The number of hydrogen-bond acceptors (Lipinski definition) is 2. The molecule has 0 spiro atoms. The van der Waals surface area contributed by atoms with Gasteiger partial charge in [-0.3, -0.25) is 4.90 Å². The minimum absolute atomic E-state index is 0.395. The van der Waals surface area contributed by atoms with Crippen LogP contribution in [0.25, 0.3) is 0 Å². The van der Waals surface area contributed by atoms with Crippen LogP contribution in [0, 0.1) is 0 Å². The van der Waals surface area contributed by atoms with Gasteiger partial charge in [0.1, 0.15) is 0 Å². The van der Waals surface area contributed by atoms with Crippen LogP contribution >= 0.6 is 34.8 Å². The van der Waals surface area contributed by atoms with Gasteiger partial charge in [0.2, 0.25) is 0 Å². The van der Waals surface area contributed by atoms with Crippen LogP contribution in [0.4, 0.5) is 0 Å². The number of ether oxygens (including phenoxy) is 1. The van der Waals surface area contributed by atoms with Crippen LogP contribution in [0.2, 0.25) is 10.0 Å². The third kappa shape index (κ3) is 5.88. The molecule has 0 atom stereocenters. The molecule has 0 aromatic heterocycles. The molecule has 0 radical (unpaired) electrons. The molecular weight excluding hydrogens is 305 g/mol. The molecule has 0 fully saturated rings. The van der Waals surface area contributed by atoms with Gasteiger partial charge in [0.15, 0.2) is 0 Å². The summed E-state index contributed by atoms with van der Waals surface area (Å²) in [6.45, 7) is 7.09. The van der Waals surface area contributed by atoms with E-state index in [4.69, 9.17) is 39.5 Å². The van der Waals surface area contributed by atoms with Crippen molar-refractivity contribution in [2.24, 2.45) is 0 Å². The average Bonchev–Trinajstić information content (AvgIpc) is 2.36. The lowest BCUT2D eigenvalue weighted by Gasteiger charge is -2.27. The van der Waals surface area contributed by atoms with Crippen LogP contribution in [-0.4, -0.2) is 36.6 Å². The maximum absolute atomic E-state index is 6.20. The van der Waals surface area contributed by atoms with E-state index in [0.29, 0.717) is 35.2 Å². The van der Waals surface area contributed by atoms with Crippen molar-refractivity contribution in [2.75, 3.05) is 25.6 Å². The van der Waals surface area contributed by atoms with Gasteiger partial charge < -0.3 is 4.74 Å². The van der Waals surface area contributed by atoms with Crippen molar-refractivity contribution < 1.29 is 4.74 Å². The maximum atomic E-state index is 6.20. The highest BCUT2D eigenvalue weighted by atomic mass is 35.5. The van der Waals surface area contributed by atoms with Gasteiger partial charge >= 0.3 is 0 Å². The lowest BCUT2D eigenvalue weighted by atomic mass is 10.2.